The molecule has 2 nitrogen and oxygen atoms in total. The first-order valence-electron chi connectivity index (χ1n) is 6.73. The van der Waals surface area contributed by atoms with E-state index in [1.54, 1.807) is 6.07 Å². The number of nitrogens with zero attached hydrogens (tertiary/aromatic N) is 1. The molecule has 0 unspecified atom stereocenters. The van der Waals surface area contributed by atoms with Crippen LogP contribution in [0.4, 0.5) is 10.1 Å². The molecule has 1 aliphatic rings. The maximum absolute atomic E-state index is 13.4. The smallest absolute Gasteiger partial charge is 0.150 e. The summed E-state index contributed by atoms with van der Waals surface area (Å²) in [6.45, 7) is 4.15. The topological polar surface area (TPSA) is 20.3 Å². The number of piperidine rings is 1. The fourth-order valence-electron chi connectivity index (χ4n) is 2.73. The number of benzene rings is 1. The average Bonchev–Trinajstić information content (AvgIpc) is 2.39. The van der Waals surface area contributed by atoms with Crippen molar-refractivity contribution in [2.75, 3.05) is 18.0 Å². The van der Waals surface area contributed by atoms with Crippen molar-refractivity contribution < 1.29 is 9.18 Å². The average molecular weight is 249 g/mol. The third-order valence-electron chi connectivity index (χ3n) is 3.72. The van der Waals surface area contributed by atoms with E-state index in [2.05, 4.69) is 11.8 Å². The molecule has 98 valence electrons. The van der Waals surface area contributed by atoms with Crippen LogP contribution in [-0.2, 0) is 0 Å². The van der Waals surface area contributed by atoms with Crippen LogP contribution >= 0.6 is 0 Å². The molecule has 0 aliphatic carbocycles. The van der Waals surface area contributed by atoms with E-state index in [9.17, 15) is 9.18 Å². The molecule has 1 aromatic rings. The van der Waals surface area contributed by atoms with Gasteiger partial charge >= 0.3 is 0 Å². The number of carbonyl (C=O) groups excluding carboxylic acids is 1. The lowest BCUT2D eigenvalue weighted by molar-refractivity contribution is 0.112. The van der Waals surface area contributed by atoms with E-state index >= 15 is 0 Å². The van der Waals surface area contributed by atoms with Crippen LogP contribution in [0.2, 0.25) is 0 Å². The van der Waals surface area contributed by atoms with Gasteiger partial charge in [-0.05, 0) is 37.0 Å². The highest BCUT2D eigenvalue weighted by Crippen LogP contribution is 2.26. The van der Waals surface area contributed by atoms with Gasteiger partial charge in [-0.2, -0.15) is 0 Å². The second kappa shape index (κ2) is 5.98. The molecule has 1 saturated heterocycles. The van der Waals surface area contributed by atoms with Gasteiger partial charge in [0.1, 0.15) is 12.1 Å². The van der Waals surface area contributed by atoms with Gasteiger partial charge < -0.3 is 4.90 Å². The van der Waals surface area contributed by atoms with E-state index in [1.165, 1.54) is 37.8 Å². The van der Waals surface area contributed by atoms with Crippen molar-refractivity contribution in [3.63, 3.8) is 0 Å². The fourth-order valence-corrected chi connectivity index (χ4v) is 2.73. The number of aldehydes is 1. The predicted octanol–water partition coefficient (Wildman–Crippen LogP) is 3.65. The van der Waals surface area contributed by atoms with Crippen LogP contribution < -0.4 is 4.90 Å². The maximum Gasteiger partial charge on any atom is 0.150 e. The van der Waals surface area contributed by atoms with E-state index in [1.807, 2.05) is 0 Å². The minimum atomic E-state index is -0.328. The Balaban J connectivity index is 2.05. The lowest BCUT2D eigenvalue weighted by atomic mass is 9.92. The van der Waals surface area contributed by atoms with E-state index in [-0.39, 0.29) is 5.82 Å². The minimum absolute atomic E-state index is 0.328. The van der Waals surface area contributed by atoms with Gasteiger partial charge in [-0.1, -0.05) is 19.8 Å². The molecular weight excluding hydrogens is 229 g/mol. The molecule has 2 rings (SSSR count). The molecule has 1 fully saturated rings. The Kier molecular flexibility index (Phi) is 4.34. The molecule has 1 heterocycles. The van der Waals surface area contributed by atoms with E-state index in [0.717, 1.165) is 24.7 Å². The van der Waals surface area contributed by atoms with Gasteiger partial charge in [-0.25, -0.2) is 4.39 Å². The number of anilines is 1. The van der Waals surface area contributed by atoms with Crippen LogP contribution in [0.15, 0.2) is 18.2 Å². The quantitative estimate of drug-likeness (QED) is 0.759. The molecule has 0 atom stereocenters. The monoisotopic (exact) mass is 249 g/mol. The maximum atomic E-state index is 13.4. The molecule has 0 amide bonds. The first kappa shape index (κ1) is 13.1. The summed E-state index contributed by atoms with van der Waals surface area (Å²) in [7, 11) is 0. The number of carbonyl (C=O) groups is 1. The largest absolute Gasteiger partial charge is 0.371 e. The molecule has 0 radical (unpaired) electrons. The molecule has 1 aromatic carbocycles. The van der Waals surface area contributed by atoms with Gasteiger partial charge in [-0.15, -0.1) is 0 Å². The van der Waals surface area contributed by atoms with Crippen molar-refractivity contribution in [2.45, 2.75) is 32.6 Å². The molecule has 0 saturated carbocycles. The van der Waals surface area contributed by atoms with Crippen LogP contribution in [0.1, 0.15) is 43.0 Å². The van der Waals surface area contributed by atoms with Gasteiger partial charge in [0.2, 0.25) is 0 Å². The Morgan fingerprint density at radius 2 is 2.06 bits per heavy atom. The highest BCUT2D eigenvalue weighted by Gasteiger charge is 2.19. The summed E-state index contributed by atoms with van der Waals surface area (Å²) in [4.78, 5) is 12.9. The number of rotatable bonds is 4. The summed E-state index contributed by atoms with van der Waals surface area (Å²) in [6, 6.07) is 4.57. The summed E-state index contributed by atoms with van der Waals surface area (Å²) in [6.07, 6.45) is 5.56. The Hall–Kier alpha value is -1.38. The molecule has 3 heteroatoms. The van der Waals surface area contributed by atoms with Crippen LogP contribution in [-0.4, -0.2) is 19.4 Å². The predicted molar refractivity (Wildman–Crippen MR) is 71.6 cm³/mol. The summed E-state index contributed by atoms with van der Waals surface area (Å²) in [5, 5.41) is 0. The second-order valence-corrected chi connectivity index (χ2v) is 5.08. The highest BCUT2D eigenvalue weighted by molar-refractivity contribution is 5.77. The Morgan fingerprint density at radius 3 is 2.67 bits per heavy atom. The van der Waals surface area contributed by atoms with Crippen LogP contribution in [0.3, 0.4) is 0 Å². The zero-order valence-electron chi connectivity index (χ0n) is 10.9. The molecule has 0 aromatic heterocycles. The molecule has 18 heavy (non-hydrogen) atoms. The standard InChI is InChI=1S/C15H20FNO/c1-2-3-12-4-6-17(7-5-12)15-9-13(11-18)8-14(16)10-15/h8-12H,2-7H2,1H3. The molecule has 0 N–H and O–H groups in total. The van der Waals surface area contributed by atoms with Crippen molar-refractivity contribution in [2.24, 2.45) is 5.92 Å². The Morgan fingerprint density at radius 1 is 1.33 bits per heavy atom. The third-order valence-corrected chi connectivity index (χ3v) is 3.72. The van der Waals surface area contributed by atoms with Crippen molar-refractivity contribution in [3.05, 3.63) is 29.6 Å². The van der Waals surface area contributed by atoms with Crippen molar-refractivity contribution in [1.82, 2.24) is 0 Å². The molecule has 0 bridgehead atoms. The highest BCUT2D eigenvalue weighted by atomic mass is 19.1. The summed E-state index contributed by atoms with van der Waals surface area (Å²) in [5.41, 5.74) is 1.26. The first-order valence-corrected chi connectivity index (χ1v) is 6.73. The second-order valence-electron chi connectivity index (χ2n) is 5.08. The van der Waals surface area contributed by atoms with Gasteiger partial charge in [0.05, 0.1) is 0 Å². The normalized spacial score (nSPS) is 16.9. The molecular formula is C15H20FNO. The summed E-state index contributed by atoms with van der Waals surface area (Å²) < 4.78 is 13.4. The zero-order chi connectivity index (χ0) is 13.0. The molecule has 0 spiro atoms. The van der Waals surface area contributed by atoms with Gasteiger partial charge in [0.25, 0.3) is 0 Å². The Bertz CT molecular complexity index is 411. The zero-order valence-corrected chi connectivity index (χ0v) is 10.9. The van der Waals surface area contributed by atoms with Crippen molar-refractivity contribution in [1.29, 1.82) is 0 Å². The van der Waals surface area contributed by atoms with E-state index < -0.39 is 0 Å². The number of hydrogen-bond donors (Lipinski definition) is 0. The molecule has 1 aliphatic heterocycles. The number of hydrogen-bond acceptors (Lipinski definition) is 2. The lowest BCUT2D eigenvalue weighted by Crippen LogP contribution is -2.33. The van der Waals surface area contributed by atoms with Crippen LogP contribution in [0.5, 0.6) is 0 Å². The third kappa shape index (κ3) is 3.09. The summed E-state index contributed by atoms with van der Waals surface area (Å²) >= 11 is 0. The van der Waals surface area contributed by atoms with Gasteiger partial charge in [0, 0.05) is 24.3 Å². The lowest BCUT2D eigenvalue weighted by Gasteiger charge is -2.33. The minimum Gasteiger partial charge on any atom is -0.371 e. The first-order chi connectivity index (χ1) is 8.72. The Labute approximate surface area is 108 Å². The van der Waals surface area contributed by atoms with Crippen LogP contribution in [0.25, 0.3) is 0 Å². The summed E-state index contributed by atoms with van der Waals surface area (Å²) in [5.74, 6) is 0.482. The fraction of sp³-hybridized carbons (Fsp3) is 0.533. The van der Waals surface area contributed by atoms with Crippen molar-refractivity contribution >= 4 is 12.0 Å². The van der Waals surface area contributed by atoms with E-state index in [0.29, 0.717) is 11.8 Å². The van der Waals surface area contributed by atoms with Crippen LogP contribution in [0, 0.1) is 11.7 Å². The van der Waals surface area contributed by atoms with Gasteiger partial charge in [0.15, 0.2) is 0 Å². The van der Waals surface area contributed by atoms with Crippen molar-refractivity contribution in [3.8, 4) is 0 Å². The SMILES string of the molecule is CCCC1CCN(c2cc(F)cc(C=O)c2)CC1. The van der Waals surface area contributed by atoms with E-state index in [4.69, 9.17) is 0 Å². The van der Waals surface area contributed by atoms with Gasteiger partial charge in [-0.3, -0.25) is 4.79 Å². The number of halogens is 1.